The lowest BCUT2D eigenvalue weighted by molar-refractivity contribution is -0.0479. The molecule has 4 nitrogen and oxygen atoms in total. The van der Waals surface area contributed by atoms with Crippen LogP contribution >= 0.6 is 0 Å². The predicted molar refractivity (Wildman–Crippen MR) is 43.9 cm³/mol. The van der Waals surface area contributed by atoms with Crippen LogP contribution < -0.4 is 5.69 Å². The van der Waals surface area contributed by atoms with E-state index in [1.54, 1.807) is 12.4 Å². The molecule has 12 heavy (non-hydrogen) atoms. The van der Waals surface area contributed by atoms with Crippen LogP contribution in [0.3, 0.4) is 0 Å². The molecule has 1 aliphatic carbocycles. The van der Waals surface area contributed by atoms with E-state index in [1.807, 2.05) is 0 Å². The van der Waals surface area contributed by atoms with E-state index >= 15 is 0 Å². The lowest BCUT2D eigenvalue weighted by Crippen LogP contribution is -2.43. The molecule has 0 aliphatic heterocycles. The Morgan fingerprint density at radius 2 is 2.42 bits per heavy atom. The summed E-state index contributed by atoms with van der Waals surface area (Å²) in [5.74, 6) is 0. The highest BCUT2D eigenvalue weighted by Crippen LogP contribution is 2.32. The van der Waals surface area contributed by atoms with Gasteiger partial charge in [-0.05, 0) is 19.3 Å². The molecule has 4 heteroatoms. The van der Waals surface area contributed by atoms with Crippen molar-refractivity contribution in [3.63, 3.8) is 0 Å². The highest BCUT2D eigenvalue weighted by Gasteiger charge is 2.34. The number of imidazole rings is 1. The van der Waals surface area contributed by atoms with E-state index in [-0.39, 0.29) is 5.69 Å². The van der Waals surface area contributed by atoms with Crippen LogP contribution in [0.5, 0.6) is 0 Å². The Bertz CT molecular complexity index is 322. The fourth-order valence-corrected chi connectivity index (χ4v) is 1.53. The average molecular weight is 168 g/mol. The van der Waals surface area contributed by atoms with E-state index in [2.05, 4.69) is 4.98 Å². The van der Waals surface area contributed by atoms with Gasteiger partial charge >= 0.3 is 5.69 Å². The maximum Gasteiger partial charge on any atom is 0.325 e. The van der Waals surface area contributed by atoms with E-state index in [1.165, 1.54) is 4.57 Å². The Balaban J connectivity index is 2.13. The van der Waals surface area contributed by atoms with Crippen molar-refractivity contribution in [3.05, 3.63) is 22.9 Å². The van der Waals surface area contributed by atoms with Crippen molar-refractivity contribution in [2.45, 2.75) is 31.4 Å². The van der Waals surface area contributed by atoms with Crippen molar-refractivity contribution in [2.75, 3.05) is 0 Å². The van der Waals surface area contributed by atoms with Crippen molar-refractivity contribution >= 4 is 0 Å². The van der Waals surface area contributed by atoms with Crippen LogP contribution in [0, 0.1) is 0 Å². The standard InChI is InChI=1S/C8H12N2O2/c11-7-9-4-5-10(7)6-8(12)2-1-3-8/h4-5,12H,1-3,6H2,(H,9,11). The monoisotopic (exact) mass is 168 g/mol. The summed E-state index contributed by atoms with van der Waals surface area (Å²) >= 11 is 0. The molecule has 1 aromatic heterocycles. The first-order chi connectivity index (χ1) is 5.70. The second kappa shape index (κ2) is 2.48. The van der Waals surface area contributed by atoms with E-state index in [9.17, 15) is 9.90 Å². The van der Waals surface area contributed by atoms with E-state index in [4.69, 9.17) is 0 Å². The summed E-state index contributed by atoms with van der Waals surface area (Å²) in [6, 6.07) is 0. The number of nitrogens with zero attached hydrogens (tertiary/aromatic N) is 1. The summed E-state index contributed by atoms with van der Waals surface area (Å²) in [6.45, 7) is 0.426. The molecule has 66 valence electrons. The van der Waals surface area contributed by atoms with E-state index in [0.29, 0.717) is 6.54 Å². The van der Waals surface area contributed by atoms with Crippen LogP contribution in [0.15, 0.2) is 17.2 Å². The lowest BCUT2D eigenvalue weighted by Gasteiger charge is -2.36. The highest BCUT2D eigenvalue weighted by atomic mass is 16.3. The van der Waals surface area contributed by atoms with Gasteiger partial charge in [0.2, 0.25) is 0 Å². The van der Waals surface area contributed by atoms with Gasteiger partial charge < -0.3 is 10.1 Å². The minimum Gasteiger partial charge on any atom is -0.388 e. The zero-order valence-corrected chi connectivity index (χ0v) is 6.79. The summed E-state index contributed by atoms with van der Waals surface area (Å²) in [7, 11) is 0. The molecule has 2 N–H and O–H groups in total. The number of nitrogens with one attached hydrogen (secondary N) is 1. The zero-order valence-electron chi connectivity index (χ0n) is 6.79. The molecule has 0 spiro atoms. The van der Waals surface area contributed by atoms with Crippen LogP contribution in [0.25, 0.3) is 0 Å². The first-order valence-corrected chi connectivity index (χ1v) is 4.16. The van der Waals surface area contributed by atoms with Crippen LogP contribution in [-0.2, 0) is 6.54 Å². The van der Waals surface area contributed by atoms with Gasteiger partial charge in [0.1, 0.15) is 0 Å². The Labute approximate surface area is 69.8 Å². The summed E-state index contributed by atoms with van der Waals surface area (Å²) in [4.78, 5) is 13.6. The van der Waals surface area contributed by atoms with Gasteiger partial charge in [-0.3, -0.25) is 4.57 Å². The quantitative estimate of drug-likeness (QED) is 0.657. The van der Waals surface area contributed by atoms with Gasteiger partial charge in [-0.1, -0.05) is 0 Å². The number of rotatable bonds is 2. The van der Waals surface area contributed by atoms with Crippen molar-refractivity contribution in [3.8, 4) is 0 Å². The molecule has 0 aromatic carbocycles. The van der Waals surface area contributed by atoms with Gasteiger partial charge in [-0.15, -0.1) is 0 Å². The molecule has 2 rings (SSSR count). The van der Waals surface area contributed by atoms with Crippen LogP contribution in [0.4, 0.5) is 0 Å². The van der Waals surface area contributed by atoms with Gasteiger partial charge in [0.25, 0.3) is 0 Å². The smallest absolute Gasteiger partial charge is 0.325 e. The van der Waals surface area contributed by atoms with E-state index < -0.39 is 5.60 Å². The molecule has 0 unspecified atom stereocenters. The SMILES string of the molecule is O=c1[nH]ccn1CC1(O)CCC1. The van der Waals surface area contributed by atoms with Crippen LogP contribution in [-0.4, -0.2) is 20.3 Å². The first-order valence-electron chi connectivity index (χ1n) is 4.16. The molecular formula is C8H12N2O2. The molecule has 1 saturated carbocycles. The maximum atomic E-state index is 11.0. The van der Waals surface area contributed by atoms with Gasteiger partial charge in [-0.25, -0.2) is 4.79 Å². The number of aliphatic hydroxyl groups is 1. The molecule has 0 amide bonds. The minimum absolute atomic E-state index is 0.143. The number of H-pyrrole nitrogens is 1. The van der Waals surface area contributed by atoms with Crippen molar-refractivity contribution in [1.82, 2.24) is 9.55 Å². The largest absolute Gasteiger partial charge is 0.388 e. The normalized spacial score (nSPS) is 20.4. The summed E-state index contributed by atoms with van der Waals surface area (Å²) in [5.41, 5.74) is -0.762. The molecule has 0 bridgehead atoms. The first kappa shape index (κ1) is 7.61. The van der Waals surface area contributed by atoms with Crippen LogP contribution in [0.1, 0.15) is 19.3 Å². The summed E-state index contributed by atoms with van der Waals surface area (Å²) in [5, 5.41) is 9.73. The Morgan fingerprint density at radius 3 is 2.83 bits per heavy atom. The Kier molecular flexibility index (Phi) is 1.58. The fourth-order valence-electron chi connectivity index (χ4n) is 1.53. The van der Waals surface area contributed by atoms with Crippen molar-refractivity contribution in [2.24, 2.45) is 0 Å². The Hall–Kier alpha value is -1.03. The summed E-state index contributed by atoms with van der Waals surface area (Å²) < 4.78 is 1.51. The average Bonchev–Trinajstić information content (AvgIpc) is 2.34. The van der Waals surface area contributed by atoms with Crippen molar-refractivity contribution in [1.29, 1.82) is 0 Å². The number of aromatic amines is 1. The maximum absolute atomic E-state index is 11.0. The van der Waals surface area contributed by atoms with E-state index in [0.717, 1.165) is 19.3 Å². The minimum atomic E-state index is -0.619. The predicted octanol–water partition coefficient (Wildman–Crippen LogP) is 0.0914. The summed E-state index contributed by atoms with van der Waals surface area (Å²) in [6.07, 6.45) is 5.94. The molecular weight excluding hydrogens is 156 g/mol. The second-order valence-corrected chi connectivity index (χ2v) is 3.47. The fraction of sp³-hybridized carbons (Fsp3) is 0.625. The number of hydrogen-bond acceptors (Lipinski definition) is 2. The molecule has 1 aromatic rings. The third kappa shape index (κ3) is 1.18. The molecule has 0 saturated heterocycles. The third-order valence-corrected chi connectivity index (χ3v) is 2.47. The lowest BCUT2D eigenvalue weighted by atomic mass is 9.80. The van der Waals surface area contributed by atoms with Gasteiger partial charge in [0, 0.05) is 12.4 Å². The topological polar surface area (TPSA) is 58.0 Å². The van der Waals surface area contributed by atoms with Gasteiger partial charge in [-0.2, -0.15) is 0 Å². The van der Waals surface area contributed by atoms with Crippen molar-refractivity contribution < 1.29 is 5.11 Å². The molecule has 1 heterocycles. The second-order valence-electron chi connectivity index (χ2n) is 3.47. The number of hydrogen-bond donors (Lipinski definition) is 2. The van der Waals surface area contributed by atoms with Crippen LogP contribution in [0.2, 0.25) is 0 Å². The highest BCUT2D eigenvalue weighted by molar-refractivity contribution is 4.90. The number of aromatic nitrogens is 2. The molecule has 1 aliphatic rings. The third-order valence-electron chi connectivity index (χ3n) is 2.47. The Morgan fingerprint density at radius 1 is 1.67 bits per heavy atom. The molecule has 0 atom stereocenters. The van der Waals surface area contributed by atoms with Gasteiger partial charge in [0.15, 0.2) is 0 Å². The van der Waals surface area contributed by atoms with Gasteiger partial charge in [0.05, 0.1) is 12.1 Å². The zero-order chi connectivity index (χ0) is 8.60. The molecule has 1 fully saturated rings. The molecule has 0 radical (unpaired) electrons.